The summed E-state index contributed by atoms with van der Waals surface area (Å²) in [5.41, 5.74) is 8.29. The minimum atomic E-state index is -0.453. The van der Waals surface area contributed by atoms with Gasteiger partial charge in [-0.25, -0.2) is 0 Å². The molecule has 1 aliphatic rings. The molecule has 2 aromatic rings. The van der Waals surface area contributed by atoms with Crippen LogP contribution in [0, 0.1) is 0 Å². The normalized spacial score (nSPS) is 17.9. The lowest BCUT2D eigenvalue weighted by Crippen LogP contribution is -2.41. The number of nitrogen functional groups attached to an aromatic ring is 1. The number of aryl methyl sites for hydroxylation is 1. The minimum absolute atomic E-state index is 0.0563. The smallest absolute Gasteiger partial charge is 0.267 e. The minimum Gasteiger partial charge on any atom is -0.479 e. The summed E-state index contributed by atoms with van der Waals surface area (Å²) in [5.74, 6) is 1.12. The van der Waals surface area contributed by atoms with Crippen LogP contribution in [-0.2, 0) is 11.8 Å². The van der Waals surface area contributed by atoms with E-state index in [1.807, 2.05) is 25.2 Å². The molecular formula is C14H16N4O2. The first kappa shape index (κ1) is 12.5. The zero-order chi connectivity index (χ0) is 14.4. The summed E-state index contributed by atoms with van der Waals surface area (Å²) in [6, 6.07) is 7.52. The summed E-state index contributed by atoms with van der Waals surface area (Å²) in [6.45, 7) is 1.75. The molecule has 2 N–H and O–H groups in total. The highest BCUT2D eigenvalue weighted by atomic mass is 16.5. The van der Waals surface area contributed by atoms with Crippen molar-refractivity contribution in [1.29, 1.82) is 0 Å². The molecule has 1 unspecified atom stereocenters. The number of rotatable bonds is 1. The number of carbonyl (C=O) groups is 1. The lowest BCUT2D eigenvalue weighted by molar-refractivity contribution is -0.125. The first-order valence-electron chi connectivity index (χ1n) is 6.35. The Bertz CT molecular complexity index is 692. The molecular weight excluding hydrogens is 256 g/mol. The van der Waals surface area contributed by atoms with Crippen molar-refractivity contribution in [3.63, 3.8) is 0 Å². The first-order valence-corrected chi connectivity index (χ1v) is 6.35. The Morgan fingerprint density at radius 1 is 1.30 bits per heavy atom. The molecule has 3 rings (SSSR count). The van der Waals surface area contributed by atoms with Crippen LogP contribution in [-0.4, -0.2) is 28.8 Å². The van der Waals surface area contributed by atoms with Gasteiger partial charge in [0.1, 0.15) is 11.6 Å². The average Bonchev–Trinajstić information content (AvgIpc) is 2.75. The Morgan fingerprint density at radius 2 is 2.05 bits per heavy atom. The van der Waals surface area contributed by atoms with Gasteiger partial charge >= 0.3 is 0 Å². The molecule has 0 saturated carbocycles. The van der Waals surface area contributed by atoms with Gasteiger partial charge in [-0.1, -0.05) is 0 Å². The Morgan fingerprint density at radius 3 is 2.70 bits per heavy atom. The van der Waals surface area contributed by atoms with Crippen LogP contribution in [0.25, 0.3) is 11.3 Å². The Labute approximate surface area is 116 Å². The van der Waals surface area contributed by atoms with Gasteiger partial charge < -0.3 is 15.4 Å². The van der Waals surface area contributed by atoms with Crippen LogP contribution in [0.5, 0.6) is 5.75 Å². The summed E-state index contributed by atoms with van der Waals surface area (Å²) in [4.78, 5) is 13.6. The number of likely N-dealkylation sites (N-methyl/N-ethyl adjacent to an activating group) is 1. The van der Waals surface area contributed by atoms with Crippen molar-refractivity contribution in [2.45, 2.75) is 13.0 Å². The van der Waals surface area contributed by atoms with E-state index >= 15 is 0 Å². The predicted octanol–water partition coefficient (Wildman–Crippen LogP) is 1.41. The number of nitrogens with two attached hydrogens (primary N) is 1. The lowest BCUT2D eigenvalue weighted by Gasteiger charge is -2.30. The van der Waals surface area contributed by atoms with E-state index in [-0.39, 0.29) is 5.91 Å². The van der Waals surface area contributed by atoms with Crippen molar-refractivity contribution in [1.82, 2.24) is 9.78 Å². The molecule has 1 amide bonds. The molecule has 0 radical (unpaired) electrons. The van der Waals surface area contributed by atoms with E-state index in [0.29, 0.717) is 11.6 Å². The van der Waals surface area contributed by atoms with E-state index in [1.165, 1.54) is 0 Å². The third-order valence-corrected chi connectivity index (χ3v) is 3.50. The van der Waals surface area contributed by atoms with Crippen LogP contribution in [0.15, 0.2) is 24.3 Å². The summed E-state index contributed by atoms with van der Waals surface area (Å²) in [5, 5.41) is 4.13. The largest absolute Gasteiger partial charge is 0.479 e. The second kappa shape index (κ2) is 4.26. The SMILES string of the molecule is CC1Oc2ccc(-c3cc(N)nn3C)cc2N(C)C1=O. The van der Waals surface area contributed by atoms with Crippen LogP contribution < -0.4 is 15.4 Å². The van der Waals surface area contributed by atoms with E-state index in [1.54, 1.807) is 29.6 Å². The number of ether oxygens (including phenoxy) is 1. The maximum atomic E-state index is 12.0. The van der Waals surface area contributed by atoms with Gasteiger partial charge in [-0.2, -0.15) is 5.10 Å². The van der Waals surface area contributed by atoms with Crippen LogP contribution >= 0.6 is 0 Å². The molecule has 20 heavy (non-hydrogen) atoms. The summed E-state index contributed by atoms with van der Waals surface area (Å²) < 4.78 is 7.32. The van der Waals surface area contributed by atoms with Crippen molar-refractivity contribution < 1.29 is 9.53 Å². The number of hydrogen-bond donors (Lipinski definition) is 1. The van der Waals surface area contributed by atoms with Gasteiger partial charge in [0.15, 0.2) is 6.10 Å². The van der Waals surface area contributed by atoms with Gasteiger partial charge in [0.2, 0.25) is 0 Å². The van der Waals surface area contributed by atoms with E-state index in [4.69, 9.17) is 10.5 Å². The van der Waals surface area contributed by atoms with Crippen LogP contribution in [0.1, 0.15) is 6.92 Å². The zero-order valence-corrected chi connectivity index (χ0v) is 11.6. The molecule has 0 aliphatic carbocycles. The van der Waals surface area contributed by atoms with Crippen LogP contribution in [0.2, 0.25) is 0 Å². The molecule has 2 heterocycles. The van der Waals surface area contributed by atoms with E-state index in [9.17, 15) is 4.79 Å². The third-order valence-electron chi connectivity index (χ3n) is 3.50. The molecule has 1 aromatic heterocycles. The summed E-state index contributed by atoms with van der Waals surface area (Å²) in [7, 11) is 3.58. The molecule has 0 spiro atoms. The van der Waals surface area contributed by atoms with Crippen molar-refractivity contribution in [3.8, 4) is 17.0 Å². The zero-order valence-electron chi connectivity index (χ0n) is 11.6. The standard InChI is InChI=1S/C14H16N4O2/c1-8-14(19)17(2)11-6-9(4-5-12(11)20-8)10-7-13(15)16-18(10)3/h4-8H,1-3H3,(H2,15,16). The summed E-state index contributed by atoms with van der Waals surface area (Å²) >= 11 is 0. The highest BCUT2D eigenvalue weighted by Gasteiger charge is 2.29. The quantitative estimate of drug-likeness (QED) is 0.852. The maximum absolute atomic E-state index is 12.0. The number of hydrogen-bond acceptors (Lipinski definition) is 4. The van der Waals surface area contributed by atoms with Gasteiger partial charge in [0, 0.05) is 25.7 Å². The fraction of sp³-hybridized carbons (Fsp3) is 0.286. The van der Waals surface area contributed by atoms with Crippen molar-refractivity contribution >= 4 is 17.4 Å². The number of benzene rings is 1. The molecule has 1 aromatic carbocycles. The number of nitrogens with zero attached hydrogens (tertiary/aromatic N) is 3. The van der Waals surface area contributed by atoms with Crippen LogP contribution in [0.3, 0.4) is 0 Å². The van der Waals surface area contributed by atoms with Gasteiger partial charge in [0.05, 0.1) is 11.4 Å². The number of carbonyl (C=O) groups excluding carboxylic acids is 1. The van der Waals surface area contributed by atoms with Gasteiger partial charge in [-0.05, 0) is 25.1 Å². The highest BCUT2D eigenvalue weighted by molar-refractivity contribution is 6.00. The van der Waals surface area contributed by atoms with Gasteiger partial charge in [-0.15, -0.1) is 0 Å². The number of aromatic nitrogens is 2. The fourth-order valence-electron chi connectivity index (χ4n) is 2.43. The molecule has 0 saturated heterocycles. The van der Waals surface area contributed by atoms with E-state index in [2.05, 4.69) is 5.10 Å². The summed E-state index contributed by atoms with van der Waals surface area (Å²) in [6.07, 6.45) is -0.453. The molecule has 104 valence electrons. The third kappa shape index (κ3) is 1.80. The van der Waals surface area contributed by atoms with Gasteiger partial charge in [0.25, 0.3) is 5.91 Å². The van der Waals surface area contributed by atoms with Gasteiger partial charge in [-0.3, -0.25) is 9.48 Å². The second-order valence-electron chi connectivity index (χ2n) is 4.92. The van der Waals surface area contributed by atoms with Crippen molar-refractivity contribution in [2.24, 2.45) is 7.05 Å². The Hall–Kier alpha value is -2.50. The lowest BCUT2D eigenvalue weighted by atomic mass is 10.1. The van der Waals surface area contributed by atoms with Crippen LogP contribution in [0.4, 0.5) is 11.5 Å². The monoisotopic (exact) mass is 272 g/mol. The van der Waals surface area contributed by atoms with Crippen molar-refractivity contribution in [2.75, 3.05) is 17.7 Å². The maximum Gasteiger partial charge on any atom is 0.267 e. The molecule has 1 aliphatic heterocycles. The highest BCUT2D eigenvalue weighted by Crippen LogP contribution is 2.36. The van der Waals surface area contributed by atoms with E-state index in [0.717, 1.165) is 16.9 Å². The van der Waals surface area contributed by atoms with Crippen molar-refractivity contribution in [3.05, 3.63) is 24.3 Å². The Balaban J connectivity index is 2.10. The molecule has 1 atom stereocenters. The number of anilines is 2. The fourth-order valence-corrected chi connectivity index (χ4v) is 2.43. The molecule has 0 fully saturated rings. The molecule has 6 nitrogen and oxygen atoms in total. The topological polar surface area (TPSA) is 73.4 Å². The predicted molar refractivity (Wildman–Crippen MR) is 76.6 cm³/mol. The van der Waals surface area contributed by atoms with E-state index < -0.39 is 6.10 Å². The molecule has 0 bridgehead atoms. The average molecular weight is 272 g/mol. The number of amides is 1. The number of fused-ring (bicyclic) bond motifs is 1. The second-order valence-corrected chi connectivity index (χ2v) is 4.92. The first-order chi connectivity index (χ1) is 9.47. The molecule has 6 heteroatoms. The Kier molecular flexibility index (Phi) is 2.67.